The molecule has 0 aliphatic heterocycles. The minimum absolute atomic E-state index is 0.0528. The highest BCUT2D eigenvalue weighted by atomic mass is 31.0. The van der Waals surface area contributed by atoms with Crippen LogP contribution in [0.2, 0.25) is 0 Å². The number of rotatable bonds is 13. The minimum Gasteiger partial charge on any atom is -0.430 e. The molecule has 36 heavy (non-hydrogen) atoms. The first-order valence-electron chi connectivity index (χ1n) is 11.8. The third-order valence-corrected chi connectivity index (χ3v) is 5.20. The molecule has 2 aromatic rings. The van der Waals surface area contributed by atoms with E-state index in [9.17, 15) is 27.5 Å². The molecule has 0 saturated carbocycles. The molecular formula is C26H35F4N2O3P. The van der Waals surface area contributed by atoms with Gasteiger partial charge in [0.15, 0.2) is 5.78 Å². The molecule has 5 nitrogen and oxygen atoms in total. The predicted octanol–water partition coefficient (Wildman–Crippen LogP) is 7.59. The summed E-state index contributed by atoms with van der Waals surface area (Å²) in [6, 6.07) is 8.09. The second-order valence-electron chi connectivity index (χ2n) is 8.01. The van der Waals surface area contributed by atoms with E-state index in [4.69, 9.17) is 0 Å². The number of ketones is 1. The van der Waals surface area contributed by atoms with Crippen LogP contribution in [0.25, 0.3) is 0 Å². The summed E-state index contributed by atoms with van der Waals surface area (Å²) in [6.45, 7) is 6.02. The second kappa shape index (κ2) is 16.3. The Bertz CT molecular complexity index is 951. The molecule has 2 atom stereocenters. The zero-order valence-corrected chi connectivity index (χ0v) is 22.0. The van der Waals surface area contributed by atoms with Gasteiger partial charge in [0.25, 0.3) is 6.43 Å². The number of benzene rings is 1. The molecule has 2 rings (SSSR count). The number of hydrogen-bond donors (Lipinski definition) is 2. The Labute approximate surface area is 212 Å². The van der Waals surface area contributed by atoms with E-state index in [0.717, 1.165) is 36.5 Å². The van der Waals surface area contributed by atoms with Crippen LogP contribution < -0.4 is 10.1 Å². The molecule has 2 N–H and O–H groups in total. The van der Waals surface area contributed by atoms with Crippen LogP contribution in [0.3, 0.4) is 0 Å². The second-order valence-corrected chi connectivity index (χ2v) is 8.68. The molecule has 0 spiro atoms. The zero-order chi connectivity index (χ0) is 27.1. The van der Waals surface area contributed by atoms with Crippen molar-refractivity contribution in [1.82, 2.24) is 4.98 Å². The van der Waals surface area contributed by atoms with E-state index in [1.165, 1.54) is 21.4 Å². The van der Waals surface area contributed by atoms with Crippen LogP contribution in [0.15, 0.2) is 48.7 Å². The van der Waals surface area contributed by atoms with E-state index in [-0.39, 0.29) is 24.1 Å². The lowest BCUT2D eigenvalue weighted by atomic mass is 9.89. The van der Waals surface area contributed by atoms with Gasteiger partial charge in [-0.2, -0.15) is 8.78 Å². The number of halogens is 4. The normalized spacial score (nSPS) is 12.3. The molecule has 0 radical (unpaired) electrons. The summed E-state index contributed by atoms with van der Waals surface area (Å²) in [5.41, 5.74) is 2.57. The molecular weight excluding hydrogens is 495 g/mol. The van der Waals surface area contributed by atoms with Crippen molar-refractivity contribution in [1.29, 1.82) is 0 Å². The first-order chi connectivity index (χ1) is 17.0. The summed E-state index contributed by atoms with van der Waals surface area (Å²) < 4.78 is 53.1. The number of allylic oxidation sites excluding steroid dienone is 2. The number of aliphatic hydroxyl groups excluding tert-OH is 1. The Morgan fingerprint density at radius 1 is 1.17 bits per heavy atom. The molecule has 200 valence electrons. The summed E-state index contributed by atoms with van der Waals surface area (Å²) in [5.74, 6) is -2.49. The molecule has 0 aliphatic rings. The lowest BCUT2D eigenvalue weighted by molar-refractivity contribution is -0.114. The number of nitrogens with zero attached hydrogens (tertiary/aromatic N) is 1. The summed E-state index contributed by atoms with van der Waals surface area (Å²) in [6.07, 6.45) is 4.72. The fourth-order valence-electron chi connectivity index (χ4n) is 3.52. The lowest BCUT2D eigenvalue weighted by Crippen LogP contribution is -2.14. The number of pyridine rings is 1. The molecule has 2 unspecified atom stereocenters. The number of nitrogens with one attached hydrogen (secondary N) is 1. The van der Waals surface area contributed by atoms with Crippen LogP contribution >= 0.6 is 9.24 Å². The monoisotopic (exact) mass is 530 g/mol. The highest BCUT2D eigenvalue weighted by molar-refractivity contribution is 7.17. The molecule has 1 aromatic carbocycles. The van der Waals surface area contributed by atoms with Crippen LogP contribution in [-0.2, 0) is 11.4 Å². The summed E-state index contributed by atoms with van der Waals surface area (Å²) in [7, 11) is 1.34. The number of aliphatic hydroxyl groups is 1. The van der Waals surface area contributed by atoms with Crippen LogP contribution in [0.4, 0.5) is 29.1 Å². The molecule has 1 heterocycles. The average molecular weight is 531 g/mol. The van der Waals surface area contributed by atoms with Crippen molar-refractivity contribution in [2.24, 2.45) is 0 Å². The maximum Gasteiger partial charge on any atom is 0.408 e. The highest BCUT2D eigenvalue weighted by Crippen LogP contribution is 2.34. The van der Waals surface area contributed by atoms with Gasteiger partial charge in [0, 0.05) is 23.9 Å². The van der Waals surface area contributed by atoms with Crippen molar-refractivity contribution in [2.75, 3.05) is 5.32 Å². The molecule has 0 aliphatic carbocycles. The number of aromatic nitrogens is 1. The van der Waals surface area contributed by atoms with Crippen LogP contribution in [-0.4, -0.2) is 28.1 Å². The first-order valence-corrected chi connectivity index (χ1v) is 12.4. The Balaban J connectivity index is 0.000000548. The van der Waals surface area contributed by atoms with Gasteiger partial charge in [-0.15, -0.1) is 0 Å². The van der Waals surface area contributed by atoms with Crippen LogP contribution in [0, 0.1) is 0 Å². The third-order valence-electron chi connectivity index (χ3n) is 5.08. The van der Waals surface area contributed by atoms with Crippen molar-refractivity contribution in [3.05, 3.63) is 59.8 Å². The van der Waals surface area contributed by atoms with E-state index in [1.54, 1.807) is 18.3 Å². The predicted molar refractivity (Wildman–Crippen MR) is 138 cm³/mol. The fourth-order valence-corrected chi connectivity index (χ4v) is 3.65. The van der Waals surface area contributed by atoms with E-state index in [1.807, 2.05) is 13.0 Å². The van der Waals surface area contributed by atoms with Crippen molar-refractivity contribution in [3.8, 4) is 5.75 Å². The maximum absolute atomic E-state index is 12.9. The van der Waals surface area contributed by atoms with Gasteiger partial charge >= 0.3 is 5.85 Å². The molecule has 0 saturated heterocycles. The van der Waals surface area contributed by atoms with Gasteiger partial charge in [-0.3, -0.25) is 4.79 Å². The van der Waals surface area contributed by atoms with Crippen molar-refractivity contribution >= 4 is 26.5 Å². The summed E-state index contributed by atoms with van der Waals surface area (Å²) in [4.78, 5) is 15.0. The van der Waals surface area contributed by atoms with Crippen molar-refractivity contribution < 1.29 is 32.2 Å². The number of hydrogen-bond acceptors (Lipinski definition) is 5. The van der Waals surface area contributed by atoms with Gasteiger partial charge in [-0.05, 0) is 82.5 Å². The van der Waals surface area contributed by atoms with E-state index in [2.05, 4.69) is 28.9 Å². The largest absolute Gasteiger partial charge is 0.430 e. The number of anilines is 2. The topological polar surface area (TPSA) is 71.5 Å². The van der Waals surface area contributed by atoms with Gasteiger partial charge < -0.3 is 15.2 Å². The SMILES string of the molecule is CCCC(=O)/C=C/C(F)F.CCCC(CC)c1c(CO)ccnc1Nc1ccc(OC(F)(F)P)cc1. The standard InChI is InChI=1S/C19H25F2N2O2P.C7H10F2O/c1-3-5-13(4-2)17-14(12-24)10-11-22-18(17)23-15-6-8-16(9-7-15)25-19(20,21)26;1-2-3-6(10)4-5-7(8)9/h6-11,13,24H,3-5,12,26H2,1-2H3,(H,22,23);4-5,7H,2-3H2,1H3/b;5-4+. The van der Waals surface area contributed by atoms with Crippen LogP contribution in [0.1, 0.15) is 69.9 Å². The highest BCUT2D eigenvalue weighted by Gasteiger charge is 2.23. The molecule has 0 bridgehead atoms. The average Bonchev–Trinajstić information content (AvgIpc) is 2.82. The molecule has 0 amide bonds. The molecule has 10 heteroatoms. The fraction of sp³-hybridized carbons (Fsp3) is 0.462. The van der Waals surface area contributed by atoms with Gasteiger partial charge in [0.2, 0.25) is 0 Å². The smallest absolute Gasteiger partial charge is 0.408 e. The van der Waals surface area contributed by atoms with Crippen LogP contribution in [0.5, 0.6) is 5.75 Å². The number of carbonyl (C=O) groups is 1. The quantitative estimate of drug-likeness (QED) is 0.159. The van der Waals surface area contributed by atoms with E-state index in [0.29, 0.717) is 30.4 Å². The molecule has 1 aromatic heterocycles. The van der Waals surface area contributed by atoms with Gasteiger partial charge in [0.05, 0.1) is 6.61 Å². The minimum atomic E-state index is -3.30. The van der Waals surface area contributed by atoms with Gasteiger partial charge in [0.1, 0.15) is 11.6 Å². The zero-order valence-electron chi connectivity index (χ0n) is 20.8. The Morgan fingerprint density at radius 3 is 2.33 bits per heavy atom. The Hall–Kier alpha value is -2.51. The maximum atomic E-state index is 12.9. The number of alkyl halides is 4. The van der Waals surface area contributed by atoms with Crippen molar-refractivity contribution in [3.63, 3.8) is 0 Å². The Kier molecular flexibility index (Phi) is 14.3. The summed E-state index contributed by atoms with van der Waals surface area (Å²) in [5, 5.41) is 13.0. The molecule has 0 fully saturated rings. The lowest BCUT2D eigenvalue weighted by Gasteiger charge is -2.22. The van der Waals surface area contributed by atoms with Gasteiger partial charge in [-0.1, -0.05) is 27.2 Å². The third kappa shape index (κ3) is 12.0. The first kappa shape index (κ1) is 31.5. The van der Waals surface area contributed by atoms with E-state index >= 15 is 0 Å². The van der Waals surface area contributed by atoms with Gasteiger partial charge in [-0.25, -0.2) is 13.8 Å². The van der Waals surface area contributed by atoms with E-state index < -0.39 is 12.3 Å². The number of ether oxygens (including phenoxy) is 1. The van der Waals surface area contributed by atoms with Crippen molar-refractivity contribution in [2.45, 2.75) is 77.7 Å². The Morgan fingerprint density at radius 2 is 1.83 bits per heavy atom. The summed E-state index contributed by atoms with van der Waals surface area (Å²) >= 11 is 0. The number of carbonyl (C=O) groups excluding carboxylic acids is 1.